The van der Waals surface area contributed by atoms with Crippen molar-refractivity contribution in [2.45, 2.75) is 50.7 Å². The van der Waals surface area contributed by atoms with Gasteiger partial charge in [-0.05, 0) is 79.3 Å². The Kier molecular flexibility index (Phi) is 3.25. The number of fused-ring (bicyclic) bond motifs is 9. The van der Waals surface area contributed by atoms with E-state index in [2.05, 4.69) is 31.3 Å². The summed E-state index contributed by atoms with van der Waals surface area (Å²) in [5.41, 5.74) is 0. The fraction of sp³-hybridized carbons (Fsp3) is 0.889. The van der Waals surface area contributed by atoms with Crippen molar-refractivity contribution in [3.05, 3.63) is 12.7 Å². The van der Waals surface area contributed by atoms with Gasteiger partial charge in [0, 0.05) is 5.25 Å². The molecule has 19 heavy (non-hydrogen) atoms. The van der Waals surface area contributed by atoms with Crippen LogP contribution in [0.1, 0.15) is 45.4 Å². The van der Waals surface area contributed by atoms with Crippen LogP contribution in [-0.2, 0) is 0 Å². The Morgan fingerprint density at radius 2 is 1.84 bits per heavy atom. The van der Waals surface area contributed by atoms with Gasteiger partial charge in [0.15, 0.2) is 0 Å². The first-order valence-corrected chi connectivity index (χ1v) is 9.62. The van der Waals surface area contributed by atoms with Gasteiger partial charge in [0.25, 0.3) is 0 Å². The average molecular weight is 276 g/mol. The van der Waals surface area contributed by atoms with E-state index < -0.39 is 0 Å². The van der Waals surface area contributed by atoms with Crippen LogP contribution in [0.3, 0.4) is 0 Å². The molecule has 4 saturated carbocycles. The molecule has 0 aromatic rings. The third-order valence-corrected chi connectivity index (χ3v) is 8.44. The summed E-state index contributed by atoms with van der Waals surface area (Å²) in [4.78, 5) is 0. The number of hydrogen-bond acceptors (Lipinski definition) is 1. The van der Waals surface area contributed by atoms with Crippen molar-refractivity contribution in [3.8, 4) is 0 Å². The molecule has 4 bridgehead atoms. The lowest BCUT2D eigenvalue weighted by Gasteiger charge is -2.41. The molecule has 0 aromatic carbocycles. The van der Waals surface area contributed by atoms with Crippen LogP contribution in [-0.4, -0.2) is 11.0 Å². The minimum Gasteiger partial charge on any atom is -0.158 e. The topological polar surface area (TPSA) is 0 Å². The summed E-state index contributed by atoms with van der Waals surface area (Å²) >= 11 is 2.33. The monoisotopic (exact) mass is 276 g/mol. The highest BCUT2D eigenvalue weighted by atomic mass is 32.2. The van der Waals surface area contributed by atoms with Gasteiger partial charge in [-0.2, -0.15) is 11.8 Å². The summed E-state index contributed by atoms with van der Waals surface area (Å²) in [6.45, 7) is 6.43. The Balaban J connectivity index is 1.47. The SMILES string of the molecule is C=C[C@H]1C[C@H]2C[C@@H]1C1C2[C@@H]2C[C@H](SCCCC)[C@H]1C2. The predicted octanol–water partition coefficient (Wildman–Crippen LogP) is 5.00. The Hall–Kier alpha value is 0.0900. The Morgan fingerprint density at radius 1 is 1.05 bits per heavy atom. The van der Waals surface area contributed by atoms with E-state index in [1.807, 2.05) is 0 Å². The summed E-state index contributed by atoms with van der Waals surface area (Å²) in [7, 11) is 0. The third kappa shape index (κ3) is 1.79. The minimum absolute atomic E-state index is 0.881. The van der Waals surface area contributed by atoms with Crippen molar-refractivity contribution >= 4 is 11.8 Å². The molecule has 4 aliphatic carbocycles. The second-order valence-corrected chi connectivity index (χ2v) is 8.95. The van der Waals surface area contributed by atoms with Crippen molar-refractivity contribution in [3.63, 3.8) is 0 Å². The van der Waals surface area contributed by atoms with Crippen LogP contribution in [0, 0.1) is 41.4 Å². The maximum atomic E-state index is 4.11. The first-order chi connectivity index (χ1) is 9.33. The normalized spacial score (nSPS) is 53.7. The second kappa shape index (κ2) is 4.83. The lowest BCUT2D eigenvalue weighted by Crippen LogP contribution is -2.36. The summed E-state index contributed by atoms with van der Waals surface area (Å²) in [5.74, 6) is 8.90. The van der Waals surface area contributed by atoms with Crippen LogP contribution in [0.25, 0.3) is 0 Å². The highest BCUT2D eigenvalue weighted by Gasteiger charge is 2.63. The van der Waals surface area contributed by atoms with Crippen LogP contribution < -0.4 is 0 Å². The number of unbranched alkanes of at least 4 members (excludes halogenated alkanes) is 1. The summed E-state index contributed by atoms with van der Waals surface area (Å²) in [6, 6.07) is 0. The molecule has 0 spiro atoms. The van der Waals surface area contributed by atoms with Gasteiger partial charge < -0.3 is 0 Å². The quantitative estimate of drug-likeness (QED) is 0.387. The third-order valence-electron chi connectivity index (χ3n) is 6.94. The number of allylic oxidation sites excluding steroid dienone is 1. The molecule has 2 unspecified atom stereocenters. The molecule has 4 fully saturated rings. The van der Waals surface area contributed by atoms with Crippen molar-refractivity contribution in [1.82, 2.24) is 0 Å². The molecule has 0 N–H and O–H groups in total. The summed E-state index contributed by atoms with van der Waals surface area (Å²) in [5, 5.41) is 1.03. The zero-order valence-corrected chi connectivity index (χ0v) is 13.1. The van der Waals surface area contributed by atoms with Gasteiger partial charge in [0.2, 0.25) is 0 Å². The van der Waals surface area contributed by atoms with Crippen LogP contribution in [0.15, 0.2) is 12.7 Å². The summed E-state index contributed by atoms with van der Waals surface area (Å²) in [6.07, 6.45) is 11.3. The van der Waals surface area contributed by atoms with Gasteiger partial charge in [0.05, 0.1) is 0 Å². The highest BCUT2D eigenvalue weighted by Crippen LogP contribution is 2.70. The molecule has 0 heterocycles. The van der Waals surface area contributed by atoms with E-state index in [-0.39, 0.29) is 0 Å². The van der Waals surface area contributed by atoms with E-state index in [0.29, 0.717) is 0 Å². The molecule has 8 atom stereocenters. The number of rotatable bonds is 5. The van der Waals surface area contributed by atoms with Crippen molar-refractivity contribution in [2.24, 2.45) is 41.4 Å². The van der Waals surface area contributed by atoms with E-state index in [1.165, 1.54) is 25.0 Å². The molecular formula is C18H28S. The molecule has 4 rings (SSSR count). The number of hydrogen-bond donors (Lipinski definition) is 0. The molecule has 106 valence electrons. The van der Waals surface area contributed by atoms with Gasteiger partial charge in [0.1, 0.15) is 0 Å². The standard InChI is InChI=1S/C18H28S/c1-3-5-6-19-16-10-13-9-15(16)18-14-8-12(17(13)18)7-11(14)4-2/h4,11-18H,2-3,5-10H2,1H3/t11-,12-,13-,14-,15+,16-,17?,18?/m0/s1. The van der Waals surface area contributed by atoms with Gasteiger partial charge in [-0.25, -0.2) is 0 Å². The van der Waals surface area contributed by atoms with Crippen molar-refractivity contribution in [2.75, 3.05) is 5.75 Å². The Labute approximate surface area is 122 Å². The number of thioether (sulfide) groups is 1. The van der Waals surface area contributed by atoms with Gasteiger partial charge in [-0.1, -0.05) is 19.4 Å². The molecule has 4 aliphatic rings. The van der Waals surface area contributed by atoms with Crippen LogP contribution >= 0.6 is 11.8 Å². The maximum absolute atomic E-state index is 4.11. The average Bonchev–Trinajstić information content (AvgIpc) is 3.15. The lowest BCUT2D eigenvalue weighted by molar-refractivity contribution is 0.125. The van der Waals surface area contributed by atoms with Crippen molar-refractivity contribution < 1.29 is 0 Å². The summed E-state index contributed by atoms with van der Waals surface area (Å²) < 4.78 is 0. The molecule has 0 aliphatic heterocycles. The maximum Gasteiger partial charge on any atom is 0.00810 e. The van der Waals surface area contributed by atoms with Crippen LogP contribution in [0.5, 0.6) is 0 Å². The Morgan fingerprint density at radius 3 is 2.63 bits per heavy atom. The molecular weight excluding hydrogens is 248 g/mol. The van der Waals surface area contributed by atoms with E-state index in [9.17, 15) is 0 Å². The Bertz CT molecular complexity index is 363. The van der Waals surface area contributed by atoms with E-state index in [1.54, 1.807) is 19.3 Å². The molecule has 0 radical (unpaired) electrons. The molecule has 0 saturated heterocycles. The fourth-order valence-electron chi connectivity index (χ4n) is 6.44. The molecule has 1 heteroatoms. The van der Waals surface area contributed by atoms with E-state index >= 15 is 0 Å². The smallest absolute Gasteiger partial charge is 0.00810 e. The predicted molar refractivity (Wildman–Crippen MR) is 84.2 cm³/mol. The lowest BCUT2D eigenvalue weighted by atomic mass is 9.67. The van der Waals surface area contributed by atoms with Gasteiger partial charge >= 0.3 is 0 Å². The highest BCUT2D eigenvalue weighted by molar-refractivity contribution is 7.99. The minimum atomic E-state index is 0.881. The van der Waals surface area contributed by atoms with Crippen LogP contribution in [0.4, 0.5) is 0 Å². The molecule has 0 aromatic heterocycles. The first kappa shape index (κ1) is 12.8. The van der Waals surface area contributed by atoms with E-state index in [0.717, 1.165) is 46.7 Å². The fourth-order valence-corrected chi connectivity index (χ4v) is 8.12. The van der Waals surface area contributed by atoms with Crippen LogP contribution in [0.2, 0.25) is 0 Å². The largest absolute Gasteiger partial charge is 0.158 e. The molecule has 0 amide bonds. The molecule has 0 nitrogen and oxygen atoms in total. The van der Waals surface area contributed by atoms with Crippen molar-refractivity contribution in [1.29, 1.82) is 0 Å². The zero-order valence-electron chi connectivity index (χ0n) is 12.3. The van der Waals surface area contributed by atoms with E-state index in [4.69, 9.17) is 0 Å². The second-order valence-electron chi connectivity index (χ2n) is 7.61. The first-order valence-electron chi connectivity index (χ1n) is 8.57. The zero-order chi connectivity index (χ0) is 13.0. The van der Waals surface area contributed by atoms with Gasteiger partial charge in [-0.15, -0.1) is 6.58 Å². The van der Waals surface area contributed by atoms with Gasteiger partial charge in [-0.3, -0.25) is 0 Å².